The van der Waals surface area contributed by atoms with E-state index in [2.05, 4.69) is 10.3 Å². The Hall–Kier alpha value is -2.93. The van der Waals surface area contributed by atoms with Gasteiger partial charge in [-0.2, -0.15) is 0 Å². The Kier molecular flexibility index (Phi) is 6.51. The number of benzene rings is 1. The summed E-state index contributed by atoms with van der Waals surface area (Å²) in [4.78, 5) is 32.9. The first-order valence-electron chi connectivity index (χ1n) is 10.6. The van der Waals surface area contributed by atoms with Crippen LogP contribution in [0.15, 0.2) is 53.1 Å². The zero-order valence-electron chi connectivity index (χ0n) is 17.8. The number of rotatable bonds is 6. The highest BCUT2D eigenvalue weighted by atomic mass is 32.1. The molecule has 2 aromatic heterocycles. The number of thiazole rings is 1. The summed E-state index contributed by atoms with van der Waals surface area (Å²) in [5.74, 6) is 0.999. The molecule has 3 aromatic rings. The van der Waals surface area contributed by atoms with Crippen molar-refractivity contribution in [2.75, 3.05) is 13.1 Å². The molecule has 31 heavy (non-hydrogen) atoms. The van der Waals surface area contributed by atoms with Crippen molar-refractivity contribution in [1.82, 2.24) is 15.2 Å². The highest BCUT2D eigenvalue weighted by Gasteiger charge is 2.31. The maximum absolute atomic E-state index is 13.1. The molecule has 0 saturated carbocycles. The number of likely N-dealkylation sites (tertiary alicyclic amines) is 1. The van der Waals surface area contributed by atoms with Crippen molar-refractivity contribution >= 4 is 23.2 Å². The highest BCUT2D eigenvalue weighted by Crippen LogP contribution is 2.31. The van der Waals surface area contributed by atoms with Gasteiger partial charge >= 0.3 is 0 Å². The molecule has 4 rings (SSSR count). The molecule has 6 nitrogen and oxygen atoms in total. The lowest BCUT2D eigenvalue weighted by atomic mass is 9.85. The van der Waals surface area contributed by atoms with Gasteiger partial charge in [0.2, 0.25) is 5.91 Å². The molecule has 0 spiro atoms. The van der Waals surface area contributed by atoms with Gasteiger partial charge in [0.05, 0.1) is 18.5 Å². The van der Waals surface area contributed by atoms with Crippen LogP contribution in [-0.2, 0) is 11.3 Å². The quantitative estimate of drug-likeness (QED) is 0.615. The second-order valence-electron chi connectivity index (χ2n) is 8.02. The van der Waals surface area contributed by atoms with Gasteiger partial charge in [0.25, 0.3) is 5.91 Å². The third kappa shape index (κ3) is 4.88. The van der Waals surface area contributed by atoms with Crippen LogP contribution < -0.4 is 5.32 Å². The Morgan fingerprint density at radius 1 is 1.19 bits per heavy atom. The summed E-state index contributed by atoms with van der Waals surface area (Å²) >= 11 is 1.46. The van der Waals surface area contributed by atoms with Crippen molar-refractivity contribution in [1.29, 1.82) is 0 Å². The van der Waals surface area contributed by atoms with Gasteiger partial charge in [-0.15, -0.1) is 11.3 Å². The van der Waals surface area contributed by atoms with Crippen molar-refractivity contribution in [3.05, 3.63) is 65.1 Å². The number of nitrogens with one attached hydrogen (secondary N) is 1. The van der Waals surface area contributed by atoms with Gasteiger partial charge in [0.15, 0.2) is 0 Å². The normalized spacial score (nSPS) is 15.6. The van der Waals surface area contributed by atoms with Gasteiger partial charge in [-0.25, -0.2) is 4.98 Å². The van der Waals surface area contributed by atoms with E-state index >= 15 is 0 Å². The largest absolute Gasteiger partial charge is 0.467 e. The molecule has 2 amide bonds. The molecule has 162 valence electrons. The zero-order valence-corrected chi connectivity index (χ0v) is 18.7. The average molecular weight is 438 g/mol. The third-order valence-corrected chi connectivity index (χ3v) is 7.17. The Morgan fingerprint density at radius 3 is 2.61 bits per heavy atom. The molecular weight excluding hydrogens is 410 g/mol. The smallest absolute Gasteiger partial charge is 0.265 e. The molecule has 7 heteroatoms. The van der Waals surface area contributed by atoms with Crippen molar-refractivity contribution in [3.63, 3.8) is 0 Å². The number of hydrogen-bond acceptors (Lipinski definition) is 5. The Bertz CT molecular complexity index is 1020. The van der Waals surface area contributed by atoms with Gasteiger partial charge in [-0.3, -0.25) is 9.59 Å². The molecule has 1 fully saturated rings. The molecular formula is C24H27N3O3S. The molecule has 0 aliphatic carbocycles. The van der Waals surface area contributed by atoms with Crippen LogP contribution in [0.25, 0.3) is 10.6 Å². The van der Waals surface area contributed by atoms with Crippen molar-refractivity contribution in [2.45, 2.75) is 33.2 Å². The number of furan rings is 1. The van der Waals surface area contributed by atoms with Crippen LogP contribution >= 0.6 is 11.3 Å². The van der Waals surface area contributed by atoms with Crippen molar-refractivity contribution in [3.8, 4) is 10.6 Å². The monoisotopic (exact) mass is 437 g/mol. The van der Waals surface area contributed by atoms with Crippen LogP contribution in [0.2, 0.25) is 0 Å². The molecule has 1 atom stereocenters. The summed E-state index contributed by atoms with van der Waals surface area (Å²) in [6.45, 7) is 5.60. The van der Waals surface area contributed by atoms with Gasteiger partial charge in [0.1, 0.15) is 15.6 Å². The van der Waals surface area contributed by atoms with Crippen LogP contribution in [0.4, 0.5) is 0 Å². The number of aromatic nitrogens is 1. The molecule has 1 aromatic carbocycles. The average Bonchev–Trinajstić information content (AvgIpc) is 3.47. The van der Waals surface area contributed by atoms with Gasteiger partial charge in [0, 0.05) is 24.6 Å². The van der Waals surface area contributed by atoms with E-state index < -0.39 is 0 Å². The van der Waals surface area contributed by atoms with E-state index in [-0.39, 0.29) is 23.7 Å². The molecule has 0 bridgehead atoms. The molecule has 1 saturated heterocycles. The topological polar surface area (TPSA) is 75.4 Å². The lowest BCUT2D eigenvalue weighted by Gasteiger charge is -2.34. The van der Waals surface area contributed by atoms with Gasteiger partial charge in [-0.1, -0.05) is 37.3 Å². The predicted octanol–water partition coefficient (Wildman–Crippen LogP) is 4.52. The lowest BCUT2D eigenvalue weighted by molar-refractivity contribution is -0.126. The number of carbonyl (C=O) groups is 2. The molecule has 1 aliphatic rings. The lowest BCUT2D eigenvalue weighted by Crippen LogP contribution is -2.42. The van der Waals surface area contributed by atoms with E-state index in [0.29, 0.717) is 24.5 Å². The fourth-order valence-electron chi connectivity index (χ4n) is 4.01. The number of amides is 2. The van der Waals surface area contributed by atoms with E-state index in [4.69, 9.17) is 4.42 Å². The second-order valence-corrected chi connectivity index (χ2v) is 9.01. The summed E-state index contributed by atoms with van der Waals surface area (Å²) in [6.07, 6.45) is 3.25. The second kappa shape index (κ2) is 9.47. The van der Waals surface area contributed by atoms with E-state index in [1.165, 1.54) is 11.3 Å². The van der Waals surface area contributed by atoms with Gasteiger partial charge in [-0.05, 0) is 37.8 Å². The molecule has 1 aliphatic heterocycles. The van der Waals surface area contributed by atoms with E-state index in [9.17, 15) is 9.59 Å². The number of hydrogen-bond donors (Lipinski definition) is 1. The van der Waals surface area contributed by atoms with E-state index in [1.54, 1.807) is 6.26 Å². The standard InChI is InChI=1S/C24H27N3O3S/c1-16(22(28)25-15-20-9-6-14-30-20)18-10-12-27(13-11-18)24(29)21-17(2)26-23(31-21)19-7-4-3-5-8-19/h3-9,14,16,18H,10-13,15H2,1-2H3,(H,25,28). The number of carbonyl (C=O) groups excluding carboxylic acids is 2. The molecule has 3 heterocycles. The maximum Gasteiger partial charge on any atom is 0.265 e. The van der Waals surface area contributed by atoms with Gasteiger partial charge < -0.3 is 14.6 Å². The zero-order chi connectivity index (χ0) is 21.8. The summed E-state index contributed by atoms with van der Waals surface area (Å²) in [7, 11) is 0. The number of piperidine rings is 1. The van der Waals surface area contributed by atoms with Crippen molar-refractivity contribution in [2.24, 2.45) is 11.8 Å². The summed E-state index contributed by atoms with van der Waals surface area (Å²) in [5, 5.41) is 3.82. The number of aryl methyl sites for hydroxylation is 1. The predicted molar refractivity (Wildman–Crippen MR) is 121 cm³/mol. The Balaban J connectivity index is 1.32. The third-order valence-electron chi connectivity index (χ3n) is 5.98. The first-order valence-corrected chi connectivity index (χ1v) is 11.5. The summed E-state index contributed by atoms with van der Waals surface area (Å²) < 4.78 is 5.27. The van der Waals surface area contributed by atoms with E-state index in [1.807, 2.05) is 61.2 Å². The van der Waals surface area contributed by atoms with Crippen molar-refractivity contribution < 1.29 is 14.0 Å². The number of nitrogens with zero attached hydrogens (tertiary/aromatic N) is 2. The molecule has 0 radical (unpaired) electrons. The Labute approximate surface area is 186 Å². The SMILES string of the molecule is Cc1nc(-c2ccccc2)sc1C(=O)N1CCC(C(C)C(=O)NCc2ccco2)CC1. The maximum atomic E-state index is 13.1. The van der Waals surface area contributed by atoms with Crippen LogP contribution in [0, 0.1) is 18.8 Å². The minimum Gasteiger partial charge on any atom is -0.467 e. The first kappa shape index (κ1) is 21.3. The van der Waals surface area contributed by atoms with Crippen LogP contribution in [0.1, 0.15) is 40.9 Å². The summed E-state index contributed by atoms with van der Waals surface area (Å²) in [6, 6.07) is 13.6. The molecule has 1 N–H and O–H groups in total. The van der Waals surface area contributed by atoms with Crippen LogP contribution in [0.3, 0.4) is 0 Å². The summed E-state index contributed by atoms with van der Waals surface area (Å²) in [5.41, 5.74) is 1.81. The van der Waals surface area contributed by atoms with E-state index in [0.717, 1.165) is 34.9 Å². The van der Waals surface area contributed by atoms with Crippen LogP contribution in [-0.4, -0.2) is 34.8 Å². The minimum atomic E-state index is -0.0953. The minimum absolute atomic E-state index is 0.0342. The first-order chi connectivity index (χ1) is 15.0. The molecule has 1 unspecified atom stereocenters. The highest BCUT2D eigenvalue weighted by molar-refractivity contribution is 7.17. The fraction of sp³-hybridized carbons (Fsp3) is 0.375. The van der Waals surface area contributed by atoms with Crippen LogP contribution in [0.5, 0.6) is 0 Å². The Morgan fingerprint density at radius 2 is 1.94 bits per heavy atom. The fourth-order valence-corrected chi connectivity index (χ4v) is 5.05.